The SMILES string of the molecule is COc1ccc2c(C(=O)C(C)C)nn(/C=C(\OP(=O)(OC)OC)C(C)(C)C)c2c1. The van der Waals surface area contributed by atoms with Crippen molar-refractivity contribution in [3.8, 4) is 5.75 Å². The third-order valence-corrected chi connectivity index (χ3v) is 5.62. The Bertz CT molecular complexity index is 963. The molecular weight excluding hydrogens is 395 g/mol. The second-order valence-corrected chi connectivity index (χ2v) is 9.65. The monoisotopic (exact) mass is 424 g/mol. The Balaban J connectivity index is 2.73. The fourth-order valence-electron chi connectivity index (χ4n) is 2.53. The summed E-state index contributed by atoms with van der Waals surface area (Å²) in [5.41, 5.74) is 0.457. The van der Waals surface area contributed by atoms with Crippen LogP contribution in [0, 0.1) is 11.3 Å². The van der Waals surface area contributed by atoms with Crippen LogP contribution >= 0.6 is 7.82 Å². The number of carbonyl (C=O) groups is 1. The van der Waals surface area contributed by atoms with E-state index in [1.807, 2.05) is 34.6 Å². The molecule has 0 spiro atoms. The molecular formula is C20H29N2O6P. The van der Waals surface area contributed by atoms with Gasteiger partial charge in [-0.05, 0) is 12.1 Å². The number of nitrogens with zero attached hydrogens (tertiary/aromatic N) is 2. The molecule has 0 saturated heterocycles. The van der Waals surface area contributed by atoms with Crippen LogP contribution in [0.3, 0.4) is 0 Å². The summed E-state index contributed by atoms with van der Waals surface area (Å²) in [5.74, 6) is 0.645. The van der Waals surface area contributed by atoms with Crippen LogP contribution in [0.1, 0.15) is 45.1 Å². The van der Waals surface area contributed by atoms with Crippen LogP contribution in [0.15, 0.2) is 24.0 Å². The van der Waals surface area contributed by atoms with Crippen LogP contribution in [-0.2, 0) is 18.1 Å². The second-order valence-electron chi connectivity index (χ2n) is 7.84. The highest BCUT2D eigenvalue weighted by Crippen LogP contribution is 2.52. The number of carbonyl (C=O) groups excluding carboxylic acids is 1. The molecule has 0 aliphatic rings. The molecule has 160 valence electrons. The van der Waals surface area contributed by atoms with Crippen molar-refractivity contribution >= 4 is 30.7 Å². The zero-order valence-electron chi connectivity index (χ0n) is 18.2. The fraction of sp³-hybridized carbons (Fsp3) is 0.500. The Hall–Kier alpha value is -2.15. The molecule has 0 atom stereocenters. The van der Waals surface area contributed by atoms with Crippen molar-refractivity contribution in [2.24, 2.45) is 11.3 Å². The van der Waals surface area contributed by atoms with Gasteiger partial charge in [0.15, 0.2) is 5.78 Å². The normalized spacial score (nSPS) is 13.2. The zero-order valence-corrected chi connectivity index (χ0v) is 19.1. The number of rotatable bonds is 8. The number of benzene rings is 1. The molecule has 0 bridgehead atoms. The molecule has 9 heteroatoms. The molecule has 0 radical (unpaired) electrons. The average Bonchev–Trinajstić information content (AvgIpc) is 3.03. The van der Waals surface area contributed by atoms with Gasteiger partial charge in [0.1, 0.15) is 17.2 Å². The van der Waals surface area contributed by atoms with Gasteiger partial charge in [-0.1, -0.05) is 34.6 Å². The lowest BCUT2D eigenvalue weighted by Crippen LogP contribution is -2.14. The maximum atomic E-state index is 12.7. The highest BCUT2D eigenvalue weighted by atomic mass is 31.2. The highest BCUT2D eigenvalue weighted by molar-refractivity contribution is 7.48. The largest absolute Gasteiger partial charge is 0.529 e. The highest BCUT2D eigenvalue weighted by Gasteiger charge is 2.32. The standard InChI is InChI=1S/C20H29N2O6P/c1-13(2)19(23)18-15-10-9-14(25-6)11-16(15)22(21-18)12-17(20(3,4)5)28-29(24,26-7)27-8/h9-13H,1-8H3/b17-12-. The first-order chi connectivity index (χ1) is 13.5. The van der Waals surface area contributed by atoms with E-state index in [0.29, 0.717) is 28.1 Å². The summed E-state index contributed by atoms with van der Waals surface area (Å²) in [5, 5.41) is 5.20. The third kappa shape index (κ3) is 5.07. The zero-order chi connectivity index (χ0) is 22.0. The Morgan fingerprint density at radius 1 is 1.17 bits per heavy atom. The van der Waals surface area contributed by atoms with E-state index in [-0.39, 0.29) is 11.7 Å². The number of fused-ring (bicyclic) bond motifs is 1. The van der Waals surface area contributed by atoms with Crippen LogP contribution in [-0.4, -0.2) is 36.9 Å². The van der Waals surface area contributed by atoms with E-state index in [4.69, 9.17) is 18.3 Å². The second kappa shape index (κ2) is 8.69. The first kappa shape index (κ1) is 23.1. The molecule has 0 saturated carbocycles. The van der Waals surface area contributed by atoms with Gasteiger partial charge in [0, 0.05) is 37.0 Å². The van der Waals surface area contributed by atoms with Gasteiger partial charge in [-0.15, -0.1) is 0 Å². The number of allylic oxidation sites excluding steroid dienone is 1. The first-order valence-electron chi connectivity index (χ1n) is 9.19. The van der Waals surface area contributed by atoms with Crippen molar-refractivity contribution in [2.45, 2.75) is 34.6 Å². The van der Waals surface area contributed by atoms with E-state index in [1.54, 1.807) is 31.5 Å². The van der Waals surface area contributed by atoms with Crippen molar-refractivity contribution in [2.75, 3.05) is 21.3 Å². The molecule has 1 heterocycles. The number of methoxy groups -OCH3 is 1. The molecule has 2 aromatic rings. The van der Waals surface area contributed by atoms with Gasteiger partial charge in [-0.25, -0.2) is 9.25 Å². The molecule has 0 N–H and O–H groups in total. The molecule has 0 unspecified atom stereocenters. The minimum absolute atomic E-state index is 0.0787. The number of ketones is 1. The van der Waals surface area contributed by atoms with Crippen LogP contribution in [0.2, 0.25) is 0 Å². The summed E-state index contributed by atoms with van der Waals surface area (Å²) in [6.07, 6.45) is 1.59. The van der Waals surface area contributed by atoms with Gasteiger partial charge in [0.25, 0.3) is 0 Å². The van der Waals surface area contributed by atoms with Crippen LogP contribution in [0.4, 0.5) is 0 Å². The summed E-state index contributed by atoms with van der Waals surface area (Å²) < 4.78 is 34.9. The van der Waals surface area contributed by atoms with E-state index in [9.17, 15) is 9.36 Å². The smallest absolute Gasteiger partial charge is 0.497 e. The van der Waals surface area contributed by atoms with E-state index < -0.39 is 13.2 Å². The van der Waals surface area contributed by atoms with E-state index in [2.05, 4.69) is 5.10 Å². The molecule has 29 heavy (non-hydrogen) atoms. The minimum Gasteiger partial charge on any atom is -0.497 e. The minimum atomic E-state index is -3.78. The van der Waals surface area contributed by atoms with E-state index >= 15 is 0 Å². The molecule has 1 aromatic heterocycles. The van der Waals surface area contributed by atoms with Crippen LogP contribution in [0.25, 0.3) is 17.1 Å². The molecule has 0 fully saturated rings. The van der Waals surface area contributed by atoms with Gasteiger partial charge >= 0.3 is 7.82 Å². The number of ether oxygens (including phenoxy) is 1. The predicted molar refractivity (Wildman–Crippen MR) is 112 cm³/mol. The van der Waals surface area contributed by atoms with Gasteiger partial charge < -0.3 is 9.26 Å². The molecule has 8 nitrogen and oxygen atoms in total. The first-order valence-corrected chi connectivity index (χ1v) is 10.7. The quantitative estimate of drug-likeness (QED) is 0.329. The lowest BCUT2D eigenvalue weighted by Gasteiger charge is -2.25. The summed E-state index contributed by atoms with van der Waals surface area (Å²) in [7, 11) is 0.285. The Morgan fingerprint density at radius 2 is 1.79 bits per heavy atom. The number of phosphoric acid groups is 1. The van der Waals surface area contributed by atoms with Gasteiger partial charge in [-0.3, -0.25) is 13.8 Å². The van der Waals surface area contributed by atoms with Crippen molar-refractivity contribution < 1.29 is 27.7 Å². The number of phosphoric ester groups is 1. The molecule has 1 aromatic carbocycles. The van der Waals surface area contributed by atoms with Crippen molar-refractivity contribution in [1.82, 2.24) is 9.78 Å². The molecule has 0 aliphatic heterocycles. The summed E-state index contributed by atoms with van der Waals surface area (Å²) in [4.78, 5) is 12.7. The van der Waals surface area contributed by atoms with Gasteiger partial charge in [0.05, 0.1) is 18.8 Å². The topological polar surface area (TPSA) is 88.9 Å². The number of hydrogen-bond acceptors (Lipinski definition) is 7. The third-order valence-electron chi connectivity index (χ3n) is 4.31. The number of Topliss-reactive ketones (excluding diaryl/α,β-unsaturated/α-hetero) is 1. The van der Waals surface area contributed by atoms with E-state index in [1.165, 1.54) is 18.9 Å². The predicted octanol–water partition coefficient (Wildman–Crippen LogP) is 5.15. The molecule has 2 rings (SSSR count). The lowest BCUT2D eigenvalue weighted by molar-refractivity contribution is 0.0935. The maximum Gasteiger partial charge on any atom is 0.529 e. The molecule has 0 aliphatic carbocycles. The van der Waals surface area contributed by atoms with Gasteiger partial charge in [-0.2, -0.15) is 5.10 Å². The lowest BCUT2D eigenvalue weighted by atomic mass is 9.94. The average molecular weight is 424 g/mol. The van der Waals surface area contributed by atoms with Crippen LogP contribution in [0.5, 0.6) is 5.75 Å². The van der Waals surface area contributed by atoms with Crippen molar-refractivity contribution in [3.05, 3.63) is 29.7 Å². The Labute approximate surface area is 171 Å². The fourth-order valence-corrected chi connectivity index (χ4v) is 3.39. The van der Waals surface area contributed by atoms with Gasteiger partial charge in [0.2, 0.25) is 0 Å². The van der Waals surface area contributed by atoms with Crippen molar-refractivity contribution in [1.29, 1.82) is 0 Å². The van der Waals surface area contributed by atoms with E-state index in [0.717, 1.165) is 0 Å². The maximum absolute atomic E-state index is 12.7. The summed E-state index contributed by atoms with van der Waals surface area (Å²) in [6.45, 7) is 9.32. The number of hydrogen-bond donors (Lipinski definition) is 0. The van der Waals surface area contributed by atoms with Crippen molar-refractivity contribution in [3.63, 3.8) is 0 Å². The summed E-state index contributed by atoms with van der Waals surface area (Å²) >= 11 is 0. The number of aromatic nitrogens is 2. The Morgan fingerprint density at radius 3 is 2.28 bits per heavy atom. The Kier molecular flexibility index (Phi) is 6.93. The summed E-state index contributed by atoms with van der Waals surface area (Å²) in [6, 6.07) is 5.36. The molecule has 0 amide bonds. The van der Waals surface area contributed by atoms with Crippen LogP contribution < -0.4 is 4.74 Å².